The normalized spacial score (nSPS) is 27.5. The van der Waals surface area contributed by atoms with Gasteiger partial charge in [-0.1, -0.05) is 38.2 Å². The van der Waals surface area contributed by atoms with E-state index in [9.17, 15) is 23.9 Å². The van der Waals surface area contributed by atoms with Crippen LogP contribution in [0, 0.1) is 23.7 Å². The summed E-state index contributed by atoms with van der Waals surface area (Å²) < 4.78 is 13.1. The number of H-pyrrole nitrogens is 1. The summed E-state index contributed by atoms with van der Waals surface area (Å²) in [4.78, 5) is 47.7. The number of hydrogen-bond donors (Lipinski definition) is 3. The average molecular weight is 527 g/mol. The number of aromatic nitrogens is 2. The lowest BCUT2D eigenvalue weighted by molar-refractivity contribution is -0.143. The number of imidazole rings is 1. The van der Waals surface area contributed by atoms with Gasteiger partial charge in [0.05, 0.1) is 17.1 Å². The molecule has 38 heavy (non-hydrogen) atoms. The van der Waals surface area contributed by atoms with Crippen molar-refractivity contribution in [2.24, 2.45) is 29.4 Å². The predicted octanol–water partition coefficient (Wildman–Crippen LogP) is 4.27. The maximum Gasteiger partial charge on any atom is 0.371 e. The van der Waals surface area contributed by atoms with Crippen LogP contribution < -0.4 is 5.73 Å². The number of carbonyl (C=O) groups is 3. The van der Waals surface area contributed by atoms with Crippen molar-refractivity contribution in [2.45, 2.75) is 82.7 Å². The van der Waals surface area contributed by atoms with Gasteiger partial charge in [0, 0.05) is 24.9 Å². The Kier molecular flexibility index (Phi) is 8.12. The van der Waals surface area contributed by atoms with E-state index in [0.29, 0.717) is 36.3 Å². The number of nitrogens with two attached hydrogens (primary N) is 1. The molecule has 1 aromatic carbocycles. The van der Waals surface area contributed by atoms with E-state index in [1.165, 1.54) is 19.3 Å². The molecular formula is C29H39FN4O4. The summed E-state index contributed by atoms with van der Waals surface area (Å²) in [5.41, 5.74) is 7.83. The van der Waals surface area contributed by atoms with Crippen molar-refractivity contribution in [3.63, 3.8) is 0 Å². The number of ketones is 1. The van der Waals surface area contributed by atoms with Crippen LogP contribution in [0.15, 0.2) is 18.2 Å². The van der Waals surface area contributed by atoms with Gasteiger partial charge in [-0.2, -0.15) is 0 Å². The molecule has 2 heterocycles. The molecule has 1 saturated heterocycles. The Bertz CT molecular complexity index is 1170. The third kappa shape index (κ3) is 5.48. The van der Waals surface area contributed by atoms with Crippen LogP contribution in [0.5, 0.6) is 0 Å². The van der Waals surface area contributed by atoms with Crippen molar-refractivity contribution >= 4 is 28.7 Å². The van der Waals surface area contributed by atoms with Crippen LogP contribution in [0.3, 0.4) is 0 Å². The maximum atomic E-state index is 13.9. The molecule has 8 nitrogen and oxygen atoms in total. The highest BCUT2D eigenvalue weighted by Crippen LogP contribution is 2.41. The van der Waals surface area contributed by atoms with Gasteiger partial charge in [-0.3, -0.25) is 9.59 Å². The van der Waals surface area contributed by atoms with Gasteiger partial charge >= 0.3 is 5.97 Å². The lowest BCUT2D eigenvalue weighted by Crippen LogP contribution is -2.48. The van der Waals surface area contributed by atoms with E-state index in [4.69, 9.17) is 5.73 Å². The van der Waals surface area contributed by atoms with Gasteiger partial charge in [0.1, 0.15) is 6.67 Å². The van der Waals surface area contributed by atoms with Crippen molar-refractivity contribution in [1.82, 2.24) is 14.9 Å². The first-order valence-electron chi connectivity index (χ1n) is 14.2. The minimum absolute atomic E-state index is 0.0527. The number of Topliss-reactive ketones (excluding diaryl/α,β-unsaturated/α-hetero) is 1. The lowest BCUT2D eigenvalue weighted by Gasteiger charge is -2.37. The number of carbonyl (C=O) groups excluding carboxylic acids is 2. The molecule has 9 heteroatoms. The Morgan fingerprint density at radius 3 is 2.50 bits per heavy atom. The van der Waals surface area contributed by atoms with Crippen LogP contribution in [0.4, 0.5) is 4.39 Å². The molecular weight excluding hydrogens is 487 g/mol. The zero-order valence-electron chi connectivity index (χ0n) is 21.9. The fraction of sp³-hybridized carbons (Fsp3) is 0.655. The number of nitrogens with zero attached hydrogens (tertiary/aromatic N) is 2. The van der Waals surface area contributed by atoms with E-state index in [-0.39, 0.29) is 41.7 Å². The molecule has 0 radical (unpaired) electrons. The highest BCUT2D eigenvalue weighted by Gasteiger charge is 2.46. The van der Waals surface area contributed by atoms with Crippen LogP contribution in [0.1, 0.15) is 80.4 Å². The topological polar surface area (TPSA) is 129 Å². The second-order valence-corrected chi connectivity index (χ2v) is 11.6. The molecule has 1 aliphatic heterocycles. The number of amides is 1. The molecule has 3 aliphatic rings. The summed E-state index contributed by atoms with van der Waals surface area (Å²) in [6.07, 6.45) is 9.76. The van der Waals surface area contributed by atoms with Crippen molar-refractivity contribution in [1.29, 1.82) is 0 Å². The smallest absolute Gasteiger partial charge is 0.371 e. The molecule has 0 spiro atoms. The van der Waals surface area contributed by atoms with Crippen LogP contribution in [0.25, 0.3) is 11.0 Å². The number of aromatic carboxylic acids is 1. The molecule has 2 saturated carbocycles. The van der Waals surface area contributed by atoms with E-state index in [2.05, 4.69) is 9.97 Å². The number of benzene rings is 1. The van der Waals surface area contributed by atoms with Crippen molar-refractivity contribution < 1.29 is 23.9 Å². The monoisotopic (exact) mass is 526 g/mol. The first-order valence-corrected chi connectivity index (χ1v) is 14.2. The lowest BCUT2D eigenvalue weighted by atomic mass is 9.75. The molecule has 0 bridgehead atoms. The molecule has 1 aromatic heterocycles. The summed E-state index contributed by atoms with van der Waals surface area (Å²) in [6.45, 7) is 0.0822. The quantitative estimate of drug-likeness (QED) is 0.471. The van der Waals surface area contributed by atoms with E-state index < -0.39 is 24.7 Å². The number of rotatable bonds is 8. The SMILES string of the molecule is N[C@H](CF)C1CCC(C(=O)N2CC[C@@H](C3CCCCC3)[C@H]2C(=O)Cc2ccc3nc(C(=O)O)[nH]c3c2)CC1. The molecule has 2 aromatic rings. The maximum absolute atomic E-state index is 13.9. The molecule has 2 aliphatic carbocycles. The fourth-order valence-corrected chi connectivity index (χ4v) is 7.26. The zero-order valence-corrected chi connectivity index (χ0v) is 21.9. The third-order valence-corrected chi connectivity index (χ3v) is 9.34. The molecule has 4 N–H and O–H groups in total. The Morgan fingerprint density at radius 2 is 1.82 bits per heavy atom. The number of aromatic amines is 1. The molecule has 3 atom stereocenters. The highest BCUT2D eigenvalue weighted by atomic mass is 19.1. The van der Waals surface area contributed by atoms with Crippen LogP contribution in [-0.2, 0) is 16.0 Å². The number of carboxylic acids is 1. The number of nitrogens with one attached hydrogen (secondary N) is 1. The summed E-state index contributed by atoms with van der Waals surface area (Å²) >= 11 is 0. The molecule has 0 unspecified atom stereocenters. The summed E-state index contributed by atoms with van der Waals surface area (Å²) in [5, 5.41) is 9.23. The number of hydrogen-bond acceptors (Lipinski definition) is 5. The molecule has 3 fully saturated rings. The Morgan fingerprint density at radius 1 is 1.08 bits per heavy atom. The summed E-state index contributed by atoms with van der Waals surface area (Å²) in [6, 6.07) is 4.46. The van der Waals surface area contributed by atoms with Crippen LogP contribution in [0.2, 0.25) is 0 Å². The van der Waals surface area contributed by atoms with E-state index in [1.807, 2.05) is 11.0 Å². The first kappa shape index (κ1) is 26.8. The molecule has 1 amide bonds. The Balaban J connectivity index is 1.34. The van der Waals surface area contributed by atoms with E-state index >= 15 is 0 Å². The van der Waals surface area contributed by atoms with Crippen molar-refractivity contribution in [3.8, 4) is 0 Å². The predicted molar refractivity (Wildman–Crippen MR) is 141 cm³/mol. The second-order valence-electron chi connectivity index (χ2n) is 11.6. The van der Waals surface area contributed by atoms with Gasteiger partial charge < -0.3 is 20.7 Å². The van der Waals surface area contributed by atoms with E-state index in [0.717, 1.165) is 37.7 Å². The highest BCUT2D eigenvalue weighted by molar-refractivity contribution is 5.93. The second kappa shape index (κ2) is 11.5. The van der Waals surface area contributed by atoms with Crippen molar-refractivity contribution in [2.75, 3.05) is 13.2 Å². The van der Waals surface area contributed by atoms with Crippen molar-refractivity contribution in [3.05, 3.63) is 29.6 Å². The van der Waals surface area contributed by atoms with Crippen LogP contribution >= 0.6 is 0 Å². The average Bonchev–Trinajstić information content (AvgIpc) is 3.58. The Labute approximate surface area is 222 Å². The van der Waals surface area contributed by atoms with Gasteiger partial charge in [-0.05, 0) is 67.6 Å². The van der Waals surface area contributed by atoms with Gasteiger partial charge in [0.2, 0.25) is 11.7 Å². The number of fused-ring (bicyclic) bond motifs is 1. The molecule has 5 rings (SSSR count). The van der Waals surface area contributed by atoms with Gasteiger partial charge in [0.25, 0.3) is 0 Å². The Hall–Kier alpha value is -2.81. The summed E-state index contributed by atoms with van der Waals surface area (Å²) in [5.74, 6) is -0.505. The van der Waals surface area contributed by atoms with Gasteiger partial charge in [0.15, 0.2) is 5.78 Å². The number of halogens is 1. The third-order valence-electron chi connectivity index (χ3n) is 9.34. The van der Waals surface area contributed by atoms with Gasteiger partial charge in [-0.15, -0.1) is 0 Å². The minimum Gasteiger partial charge on any atom is -0.475 e. The zero-order chi connectivity index (χ0) is 26.8. The number of likely N-dealkylation sites (tertiary alicyclic amines) is 1. The first-order chi connectivity index (χ1) is 18.4. The van der Waals surface area contributed by atoms with Gasteiger partial charge in [-0.25, -0.2) is 14.2 Å². The number of carboxylic acid groups (broad SMARTS) is 1. The fourth-order valence-electron chi connectivity index (χ4n) is 7.26. The molecule has 206 valence electrons. The largest absolute Gasteiger partial charge is 0.475 e. The van der Waals surface area contributed by atoms with Crippen LogP contribution in [-0.4, -0.2) is 62.9 Å². The summed E-state index contributed by atoms with van der Waals surface area (Å²) in [7, 11) is 0. The standard InChI is InChI=1S/C29H39FN4O4/c30-16-22(31)19-7-9-20(10-8-19)28(36)34-13-12-21(18-4-2-1-3-5-18)26(34)25(35)15-17-6-11-23-24(14-17)33-27(32-23)29(37)38/h6,11,14,18-22,26H,1-5,7-10,12-13,15-16,31H2,(H,32,33)(H,37,38)/t19?,20?,21-,22+,26-/m0/s1. The number of alkyl halides is 1. The van der Waals surface area contributed by atoms with E-state index in [1.54, 1.807) is 12.1 Å². The minimum atomic E-state index is -1.13.